The van der Waals surface area contributed by atoms with Crippen molar-refractivity contribution in [3.05, 3.63) is 38.7 Å². The molecule has 0 amide bonds. The molecule has 79 valence electrons. The molecular weight excluding hydrogens is 489 g/mol. The molecule has 0 N–H and O–H groups in total. The summed E-state index contributed by atoms with van der Waals surface area (Å²) in [5, 5.41) is 0. The molecule has 1 aromatic carbocycles. The van der Waals surface area contributed by atoms with Gasteiger partial charge in [-0.2, -0.15) is 0 Å². The van der Waals surface area contributed by atoms with Gasteiger partial charge in [0.15, 0.2) is 0 Å². The molecule has 0 aromatic heterocycles. The Morgan fingerprint density at radius 1 is 1.13 bits per heavy atom. The third kappa shape index (κ3) is 3.38. The van der Waals surface area contributed by atoms with Crippen LogP contribution in [0.4, 0.5) is 0 Å². The summed E-state index contributed by atoms with van der Waals surface area (Å²) in [4.78, 5) is 0. The van der Waals surface area contributed by atoms with E-state index in [2.05, 4.69) is 44.2 Å². The van der Waals surface area contributed by atoms with E-state index in [1.807, 2.05) is 0 Å². The van der Waals surface area contributed by atoms with E-state index in [1.165, 1.54) is 11.1 Å². The molecule has 1 unspecified atom stereocenters. The number of hydrogen-bond donors (Lipinski definition) is 0. The second-order valence-corrected chi connectivity index (χ2v) is 5.37. The van der Waals surface area contributed by atoms with Gasteiger partial charge in [0.05, 0.1) is 0 Å². The van der Waals surface area contributed by atoms with Gasteiger partial charge in [0.25, 0.3) is 0 Å². The normalized spacial score (nSPS) is 17.7. The first-order valence-electron chi connectivity index (χ1n) is 4.72. The van der Waals surface area contributed by atoms with Crippen molar-refractivity contribution in [1.29, 1.82) is 0 Å². The Hall–Kier alpha value is 1.30. The van der Waals surface area contributed by atoms with Gasteiger partial charge in [-0.05, 0) is 0 Å². The number of hydrogen-bond acceptors (Lipinski definition) is 0. The van der Waals surface area contributed by atoms with E-state index >= 15 is 0 Å². The maximum atomic E-state index is 2.36. The monoisotopic (exact) mass is 501 g/mol. The zero-order valence-corrected chi connectivity index (χ0v) is 15.6. The fraction of sp³-hybridized carbons (Fsp3) is 0.333. The molecule has 15 heavy (non-hydrogen) atoms. The summed E-state index contributed by atoms with van der Waals surface area (Å²) in [6, 6.07) is 8.77. The van der Waals surface area contributed by atoms with E-state index in [1.54, 1.807) is 28.0 Å². The Balaban J connectivity index is 0.000000980. The van der Waals surface area contributed by atoms with Crippen molar-refractivity contribution < 1.29 is 72.7 Å². The fourth-order valence-corrected chi connectivity index (χ4v) is 3.65. The van der Waals surface area contributed by atoms with Crippen LogP contribution in [0, 0.1) is 5.92 Å². The van der Waals surface area contributed by atoms with Crippen LogP contribution in [-0.4, -0.2) is 0 Å². The number of rotatable bonds is 1. The van der Waals surface area contributed by atoms with Crippen molar-refractivity contribution in [2.75, 3.05) is 0 Å². The molecule has 0 saturated heterocycles. The molecule has 0 fully saturated rings. The zero-order valence-electron chi connectivity index (χ0n) is 8.80. The van der Waals surface area contributed by atoms with E-state index < -0.39 is 0 Å². The number of fused-ring (bicyclic) bond motifs is 1. The smallest absolute Gasteiger partial charge is 1.00 e. The van der Waals surface area contributed by atoms with E-state index in [4.69, 9.17) is 0 Å². The van der Waals surface area contributed by atoms with E-state index in [0.29, 0.717) is 5.92 Å². The van der Waals surface area contributed by atoms with Crippen LogP contribution in [0.2, 0.25) is 0 Å². The van der Waals surface area contributed by atoms with Gasteiger partial charge in [0, 0.05) is 0 Å². The van der Waals surface area contributed by atoms with E-state index in [0.717, 1.165) is 5.92 Å². The molecule has 0 aliphatic heterocycles. The summed E-state index contributed by atoms with van der Waals surface area (Å²) in [6.07, 6.45) is 2.36. The molecule has 1 aliphatic carbocycles. The quantitative estimate of drug-likeness (QED) is 0.368. The Bertz CT molecular complexity index is 358. The number of allylic oxidation sites excluding steroid dienone is 1. The van der Waals surface area contributed by atoms with E-state index in [-0.39, 0.29) is 48.0 Å². The minimum atomic E-state index is 0. The van der Waals surface area contributed by atoms with Crippen molar-refractivity contribution in [3.8, 4) is 0 Å². The SMILES string of the molecule is CC(C)C1[C]([Zr+2])=Cc2ccccc21.[I-].[I-]. The van der Waals surface area contributed by atoms with E-state index in [9.17, 15) is 0 Å². The largest absolute Gasteiger partial charge is 1.00 e. The Morgan fingerprint density at radius 3 is 2.33 bits per heavy atom. The van der Waals surface area contributed by atoms with Gasteiger partial charge in [-0.1, -0.05) is 0 Å². The average Bonchev–Trinajstić information content (AvgIpc) is 2.39. The number of benzene rings is 1. The second-order valence-electron chi connectivity index (χ2n) is 3.95. The van der Waals surface area contributed by atoms with Gasteiger partial charge in [0.1, 0.15) is 0 Å². The number of halogens is 2. The van der Waals surface area contributed by atoms with Gasteiger partial charge in [0.2, 0.25) is 0 Å². The van der Waals surface area contributed by atoms with Crippen LogP contribution in [0.5, 0.6) is 0 Å². The van der Waals surface area contributed by atoms with Gasteiger partial charge in [-0.3, -0.25) is 0 Å². The first-order valence-corrected chi connectivity index (χ1v) is 5.95. The van der Waals surface area contributed by atoms with Crippen LogP contribution in [0.1, 0.15) is 30.9 Å². The molecule has 1 atom stereocenters. The van der Waals surface area contributed by atoms with Gasteiger partial charge in [-0.25, -0.2) is 0 Å². The Kier molecular flexibility index (Phi) is 7.50. The predicted molar refractivity (Wildman–Crippen MR) is 52.0 cm³/mol. The van der Waals surface area contributed by atoms with Gasteiger partial charge >= 0.3 is 95.2 Å². The summed E-state index contributed by atoms with van der Waals surface area (Å²) < 4.78 is 1.60. The molecule has 0 bridgehead atoms. The summed E-state index contributed by atoms with van der Waals surface area (Å²) in [7, 11) is 0. The fourth-order valence-electron chi connectivity index (χ4n) is 2.07. The van der Waals surface area contributed by atoms with Crippen molar-refractivity contribution in [1.82, 2.24) is 0 Å². The molecule has 3 heteroatoms. The minimum absolute atomic E-state index is 0. The summed E-state index contributed by atoms with van der Waals surface area (Å²) in [5.41, 5.74) is 2.97. The van der Waals surface area contributed by atoms with Crippen LogP contribution >= 0.6 is 0 Å². The Labute approximate surface area is 141 Å². The first-order chi connectivity index (χ1) is 6.20. The standard InChI is InChI=1S/C12H13.2HI.Zr/c1-9(2)11-8-7-10-5-3-4-6-12(10)11;;;/h3-7,9,11H,1-2H3;2*1H;/q;;;+2/p-2. The first kappa shape index (κ1) is 16.3. The summed E-state index contributed by atoms with van der Waals surface area (Å²) in [5.74, 6) is 1.42. The van der Waals surface area contributed by atoms with Crippen LogP contribution in [0.3, 0.4) is 0 Å². The maximum Gasteiger partial charge on any atom is -1.00 e. The molecule has 0 heterocycles. The average molecular weight is 502 g/mol. The summed E-state index contributed by atoms with van der Waals surface area (Å²) >= 11 is 1.57. The maximum absolute atomic E-state index is 2.36. The van der Waals surface area contributed by atoms with Crippen LogP contribution in [0.15, 0.2) is 27.5 Å². The molecule has 0 nitrogen and oxygen atoms in total. The molecule has 1 aliphatic rings. The third-order valence-corrected chi connectivity index (χ3v) is 3.76. The Morgan fingerprint density at radius 2 is 1.73 bits per heavy atom. The third-order valence-electron chi connectivity index (χ3n) is 2.64. The molecule has 1 aromatic rings. The van der Waals surface area contributed by atoms with Crippen molar-refractivity contribution in [2.24, 2.45) is 5.92 Å². The second kappa shape index (κ2) is 6.90. The van der Waals surface area contributed by atoms with Crippen molar-refractivity contribution in [2.45, 2.75) is 19.8 Å². The zero-order chi connectivity index (χ0) is 9.42. The van der Waals surface area contributed by atoms with Gasteiger partial charge in [-0.15, -0.1) is 0 Å². The molecule has 0 spiro atoms. The molecule has 2 rings (SSSR count). The van der Waals surface area contributed by atoms with Crippen molar-refractivity contribution in [3.63, 3.8) is 0 Å². The molecule has 0 saturated carbocycles. The van der Waals surface area contributed by atoms with Crippen molar-refractivity contribution >= 4 is 6.08 Å². The molecule has 0 radical (unpaired) electrons. The van der Waals surface area contributed by atoms with Crippen LogP contribution in [0.25, 0.3) is 6.08 Å². The summed E-state index contributed by atoms with van der Waals surface area (Å²) in [6.45, 7) is 4.62. The predicted octanol–water partition coefficient (Wildman–Crippen LogP) is -2.66. The minimum Gasteiger partial charge on any atom is -1.00 e. The molecular formula is C12H13I2Zr. The topological polar surface area (TPSA) is 0 Å². The van der Waals surface area contributed by atoms with Crippen LogP contribution in [-0.2, 0) is 24.7 Å². The van der Waals surface area contributed by atoms with Gasteiger partial charge < -0.3 is 48.0 Å². The van der Waals surface area contributed by atoms with Crippen LogP contribution < -0.4 is 48.0 Å².